The van der Waals surface area contributed by atoms with Gasteiger partial charge in [0, 0.05) is 30.6 Å². The summed E-state index contributed by atoms with van der Waals surface area (Å²) in [7, 11) is 0. The number of benzene rings is 1. The molecule has 1 heterocycles. The smallest absolute Gasteiger partial charge is 0.410 e. The van der Waals surface area contributed by atoms with Crippen LogP contribution >= 0.6 is 0 Å². The number of hydrogen-bond donors (Lipinski definition) is 2. The van der Waals surface area contributed by atoms with Gasteiger partial charge < -0.3 is 14.8 Å². The zero-order valence-electron chi connectivity index (χ0n) is 12.8. The van der Waals surface area contributed by atoms with Crippen molar-refractivity contribution >= 4 is 6.09 Å². The Morgan fingerprint density at radius 1 is 1.41 bits per heavy atom. The van der Waals surface area contributed by atoms with Crippen molar-refractivity contribution < 1.29 is 23.5 Å². The van der Waals surface area contributed by atoms with E-state index in [4.69, 9.17) is 4.74 Å². The summed E-state index contributed by atoms with van der Waals surface area (Å²) in [4.78, 5) is 13.3. The maximum atomic E-state index is 13.8. The fourth-order valence-electron chi connectivity index (χ4n) is 2.38. The average Bonchev–Trinajstić information content (AvgIpc) is 2.31. The van der Waals surface area contributed by atoms with Crippen molar-refractivity contribution in [2.45, 2.75) is 32.4 Å². The number of hydroxylamine groups is 1. The first kappa shape index (κ1) is 16.6. The Morgan fingerprint density at radius 2 is 2.05 bits per heavy atom. The standard InChI is InChI=1S/C15H20F2N2O3/c1-15(2,3)22-14(20)19-7-9(8-19)13(18-21)11-5-4-10(16)6-12(11)17/h4-6,9,13,18,21H,7-8H2,1-3H3. The molecule has 2 rings (SSSR count). The second kappa shape index (κ2) is 6.18. The van der Waals surface area contributed by atoms with Crippen molar-refractivity contribution in [1.29, 1.82) is 0 Å². The summed E-state index contributed by atoms with van der Waals surface area (Å²) >= 11 is 0. The van der Waals surface area contributed by atoms with E-state index in [2.05, 4.69) is 0 Å². The second-order valence-corrected chi connectivity index (χ2v) is 6.42. The molecule has 1 aromatic carbocycles. The zero-order chi connectivity index (χ0) is 16.5. The summed E-state index contributed by atoms with van der Waals surface area (Å²) in [6, 6.07) is 2.48. The Labute approximate surface area is 127 Å². The molecule has 1 saturated heterocycles. The number of nitrogens with one attached hydrogen (secondary N) is 1. The molecule has 122 valence electrons. The second-order valence-electron chi connectivity index (χ2n) is 6.42. The van der Waals surface area contributed by atoms with E-state index in [0.717, 1.165) is 12.1 Å². The van der Waals surface area contributed by atoms with Crippen molar-refractivity contribution in [3.63, 3.8) is 0 Å². The van der Waals surface area contributed by atoms with Gasteiger partial charge in [-0.15, -0.1) is 0 Å². The minimum atomic E-state index is -0.734. The minimum Gasteiger partial charge on any atom is -0.444 e. The summed E-state index contributed by atoms with van der Waals surface area (Å²) < 4.78 is 32.0. The van der Waals surface area contributed by atoms with Crippen LogP contribution < -0.4 is 5.48 Å². The Balaban J connectivity index is 2.00. The average molecular weight is 314 g/mol. The Bertz CT molecular complexity index is 554. The Hall–Kier alpha value is -1.73. The lowest BCUT2D eigenvalue weighted by Crippen LogP contribution is -2.55. The van der Waals surface area contributed by atoms with Gasteiger partial charge in [0.2, 0.25) is 0 Å². The summed E-state index contributed by atoms with van der Waals surface area (Å²) in [5.41, 5.74) is 1.63. The lowest BCUT2D eigenvalue weighted by atomic mass is 9.87. The van der Waals surface area contributed by atoms with E-state index < -0.39 is 29.4 Å². The summed E-state index contributed by atoms with van der Waals surface area (Å²) in [6.45, 7) is 5.96. The quantitative estimate of drug-likeness (QED) is 0.842. The topological polar surface area (TPSA) is 61.8 Å². The van der Waals surface area contributed by atoms with Crippen LogP contribution in [0.3, 0.4) is 0 Å². The van der Waals surface area contributed by atoms with Crippen LogP contribution in [-0.4, -0.2) is 34.9 Å². The van der Waals surface area contributed by atoms with E-state index in [1.807, 2.05) is 5.48 Å². The van der Waals surface area contributed by atoms with Crippen LogP contribution in [0.5, 0.6) is 0 Å². The molecule has 1 unspecified atom stereocenters. The fraction of sp³-hybridized carbons (Fsp3) is 0.533. The van der Waals surface area contributed by atoms with Crippen molar-refractivity contribution in [2.75, 3.05) is 13.1 Å². The third kappa shape index (κ3) is 3.72. The van der Waals surface area contributed by atoms with Gasteiger partial charge >= 0.3 is 6.09 Å². The fourth-order valence-corrected chi connectivity index (χ4v) is 2.38. The number of carbonyl (C=O) groups excluding carboxylic acids is 1. The molecule has 7 heteroatoms. The molecule has 0 radical (unpaired) electrons. The molecule has 0 saturated carbocycles. The largest absolute Gasteiger partial charge is 0.444 e. The zero-order valence-corrected chi connectivity index (χ0v) is 12.8. The van der Waals surface area contributed by atoms with Gasteiger partial charge in [0.25, 0.3) is 0 Å². The molecular weight excluding hydrogens is 294 g/mol. The highest BCUT2D eigenvalue weighted by atomic mass is 19.1. The number of likely N-dealkylation sites (tertiary alicyclic amines) is 1. The number of hydrogen-bond acceptors (Lipinski definition) is 4. The highest BCUT2D eigenvalue weighted by molar-refractivity contribution is 5.69. The molecule has 1 aromatic rings. The molecule has 0 aliphatic carbocycles. The third-order valence-corrected chi connectivity index (χ3v) is 3.47. The first-order valence-corrected chi connectivity index (χ1v) is 7.04. The monoisotopic (exact) mass is 314 g/mol. The molecule has 1 aliphatic rings. The van der Waals surface area contributed by atoms with Crippen molar-refractivity contribution in [3.05, 3.63) is 35.4 Å². The number of halogens is 2. The van der Waals surface area contributed by atoms with Crippen molar-refractivity contribution in [3.8, 4) is 0 Å². The van der Waals surface area contributed by atoms with Gasteiger partial charge in [0.1, 0.15) is 17.2 Å². The number of amides is 1. The van der Waals surface area contributed by atoms with E-state index in [9.17, 15) is 18.8 Å². The number of rotatable bonds is 3. The summed E-state index contributed by atoms with van der Waals surface area (Å²) in [5.74, 6) is -1.60. The molecular formula is C15H20F2N2O3. The van der Waals surface area contributed by atoms with E-state index >= 15 is 0 Å². The molecule has 2 N–H and O–H groups in total. The lowest BCUT2D eigenvalue weighted by molar-refractivity contribution is -0.0206. The molecule has 5 nitrogen and oxygen atoms in total. The normalized spacial score (nSPS) is 17.1. The van der Waals surface area contributed by atoms with Gasteiger partial charge in [-0.3, -0.25) is 0 Å². The minimum absolute atomic E-state index is 0.165. The lowest BCUT2D eigenvalue weighted by Gasteiger charge is -2.43. The van der Waals surface area contributed by atoms with Crippen LogP contribution in [0.1, 0.15) is 32.4 Å². The van der Waals surface area contributed by atoms with Crippen LogP contribution in [0.2, 0.25) is 0 Å². The first-order valence-electron chi connectivity index (χ1n) is 7.04. The van der Waals surface area contributed by atoms with Gasteiger partial charge in [-0.1, -0.05) is 6.07 Å². The van der Waals surface area contributed by atoms with E-state index in [-0.39, 0.29) is 11.5 Å². The summed E-state index contributed by atoms with van der Waals surface area (Å²) in [5, 5.41) is 9.27. The Morgan fingerprint density at radius 3 is 2.55 bits per heavy atom. The van der Waals surface area contributed by atoms with Gasteiger partial charge in [0.15, 0.2) is 0 Å². The molecule has 1 atom stereocenters. The first-order chi connectivity index (χ1) is 10.2. The molecule has 0 aromatic heterocycles. The number of nitrogens with zero attached hydrogens (tertiary/aromatic N) is 1. The predicted octanol–water partition coefficient (Wildman–Crippen LogP) is 2.85. The highest BCUT2D eigenvalue weighted by Crippen LogP contribution is 2.32. The van der Waals surface area contributed by atoms with Crippen molar-refractivity contribution in [1.82, 2.24) is 10.4 Å². The van der Waals surface area contributed by atoms with Gasteiger partial charge in [-0.05, 0) is 26.8 Å². The maximum Gasteiger partial charge on any atom is 0.410 e. The number of carbonyl (C=O) groups is 1. The molecule has 0 bridgehead atoms. The molecule has 1 amide bonds. The van der Waals surface area contributed by atoms with Crippen LogP contribution in [0, 0.1) is 17.6 Å². The van der Waals surface area contributed by atoms with E-state index in [0.29, 0.717) is 13.1 Å². The predicted molar refractivity (Wildman–Crippen MR) is 75.3 cm³/mol. The SMILES string of the molecule is CC(C)(C)OC(=O)N1CC(C(NO)c2ccc(F)cc2F)C1. The van der Waals surface area contributed by atoms with Gasteiger partial charge in [-0.25, -0.2) is 13.6 Å². The summed E-state index contributed by atoms with van der Waals surface area (Å²) in [6.07, 6.45) is -0.444. The van der Waals surface area contributed by atoms with Crippen LogP contribution in [0.4, 0.5) is 13.6 Å². The van der Waals surface area contributed by atoms with Crippen LogP contribution in [-0.2, 0) is 4.74 Å². The third-order valence-electron chi connectivity index (χ3n) is 3.47. The Kier molecular flexibility index (Phi) is 4.67. The van der Waals surface area contributed by atoms with Crippen molar-refractivity contribution in [2.24, 2.45) is 5.92 Å². The highest BCUT2D eigenvalue weighted by Gasteiger charge is 2.39. The van der Waals surface area contributed by atoms with Gasteiger partial charge in [-0.2, -0.15) is 5.48 Å². The number of ether oxygens (including phenoxy) is 1. The molecule has 22 heavy (non-hydrogen) atoms. The van der Waals surface area contributed by atoms with Crippen LogP contribution in [0.25, 0.3) is 0 Å². The molecule has 0 spiro atoms. The molecule has 1 aliphatic heterocycles. The maximum absolute atomic E-state index is 13.8. The van der Waals surface area contributed by atoms with Crippen LogP contribution in [0.15, 0.2) is 18.2 Å². The van der Waals surface area contributed by atoms with Gasteiger partial charge in [0.05, 0.1) is 6.04 Å². The molecule has 1 fully saturated rings. The van der Waals surface area contributed by atoms with E-state index in [1.165, 1.54) is 11.0 Å². The van der Waals surface area contributed by atoms with E-state index in [1.54, 1.807) is 20.8 Å².